The molecule has 1 atom stereocenters. The summed E-state index contributed by atoms with van der Waals surface area (Å²) in [5, 5.41) is 0. The number of rotatable bonds is 3. The molecule has 3 rings (SSSR count). The number of likely N-dealkylation sites (tertiary alicyclic amines) is 1. The predicted molar refractivity (Wildman–Crippen MR) is 73.5 cm³/mol. The summed E-state index contributed by atoms with van der Waals surface area (Å²) in [7, 11) is 0. The number of hydrogen-bond donors (Lipinski definition) is 0. The molecule has 5 nitrogen and oxygen atoms in total. The lowest BCUT2D eigenvalue weighted by Gasteiger charge is -2.32. The van der Waals surface area contributed by atoms with Crippen LogP contribution in [0.25, 0.3) is 0 Å². The van der Waals surface area contributed by atoms with Crippen molar-refractivity contribution in [3.8, 4) is 0 Å². The van der Waals surface area contributed by atoms with Gasteiger partial charge in [0.05, 0.1) is 5.56 Å². The number of hydrogen-bond acceptors (Lipinski definition) is 5. The average molecular weight is 260 g/mol. The van der Waals surface area contributed by atoms with Crippen LogP contribution in [0.1, 0.15) is 36.0 Å². The van der Waals surface area contributed by atoms with E-state index in [1.54, 1.807) is 12.4 Å². The summed E-state index contributed by atoms with van der Waals surface area (Å²) in [6, 6.07) is 0.648. The first-order chi connectivity index (χ1) is 9.36. The third kappa shape index (κ3) is 2.76. The quantitative estimate of drug-likeness (QED) is 0.768. The Morgan fingerprint density at radius 2 is 1.84 bits per heavy atom. The molecule has 0 spiro atoms. The molecule has 19 heavy (non-hydrogen) atoms. The van der Waals surface area contributed by atoms with E-state index in [4.69, 9.17) is 0 Å². The van der Waals surface area contributed by atoms with Crippen LogP contribution in [-0.4, -0.2) is 53.4 Å². The normalized spacial score (nSPS) is 24.6. The highest BCUT2D eigenvalue weighted by Gasteiger charge is 2.29. The van der Waals surface area contributed by atoms with Gasteiger partial charge in [-0.05, 0) is 32.4 Å². The molecule has 0 aliphatic carbocycles. The van der Waals surface area contributed by atoms with E-state index in [0.29, 0.717) is 11.6 Å². The lowest BCUT2D eigenvalue weighted by molar-refractivity contribution is 0.112. The first-order valence-electron chi connectivity index (χ1n) is 7.13. The minimum absolute atomic E-state index is 0.538. The molecular formula is C14H20N4O. The second-order valence-corrected chi connectivity index (χ2v) is 5.42. The van der Waals surface area contributed by atoms with Crippen LogP contribution in [0.3, 0.4) is 0 Å². The molecule has 0 bridgehead atoms. The van der Waals surface area contributed by atoms with E-state index in [2.05, 4.69) is 19.8 Å². The van der Waals surface area contributed by atoms with Gasteiger partial charge in [-0.2, -0.15) is 0 Å². The summed E-state index contributed by atoms with van der Waals surface area (Å²) in [5.41, 5.74) is 0.538. The molecule has 0 N–H and O–H groups in total. The van der Waals surface area contributed by atoms with Gasteiger partial charge < -0.3 is 4.90 Å². The summed E-state index contributed by atoms with van der Waals surface area (Å²) in [6.07, 6.45) is 9.22. The molecule has 0 radical (unpaired) electrons. The van der Waals surface area contributed by atoms with Crippen molar-refractivity contribution in [3.63, 3.8) is 0 Å². The molecule has 2 saturated heterocycles. The SMILES string of the molecule is O=Cc1cnc(N2CCC(N3CCCCC3)C2)nc1. The molecule has 1 aromatic heterocycles. The van der Waals surface area contributed by atoms with Crippen LogP contribution in [0.5, 0.6) is 0 Å². The van der Waals surface area contributed by atoms with Crippen molar-refractivity contribution in [2.24, 2.45) is 0 Å². The van der Waals surface area contributed by atoms with Crippen molar-refractivity contribution in [2.45, 2.75) is 31.7 Å². The molecule has 1 unspecified atom stereocenters. The zero-order valence-corrected chi connectivity index (χ0v) is 11.2. The maximum absolute atomic E-state index is 10.6. The fourth-order valence-electron chi connectivity index (χ4n) is 3.06. The number of anilines is 1. The summed E-state index contributed by atoms with van der Waals surface area (Å²) in [5.74, 6) is 0.755. The average Bonchev–Trinajstić information content (AvgIpc) is 2.98. The zero-order chi connectivity index (χ0) is 13.1. The van der Waals surface area contributed by atoms with Gasteiger partial charge in [0.1, 0.15) is 0 Å². The van der Waals surface area contributed by atoms with Crippen LogP contribution >= 0.6 is 0 Å². The van der Waals surface area contributed by atoms with E-state index in [-0.39, 0.29) is 0 Å². The maximum Gasteiger partial charge on any atom is 0.225 e. The van der Waals surface area contributed by atoms with Crippen LogP contribution in [0.15, 0.2) is 12.4 Å². The summed E-state index contributed by atoms with van der Waals surface area (Å²) in [6.45, 7) is 4.51. The fourth-order valence-corrected chi connectivity index (χ4v) is 3.06. The second-order valence-electron chi connectivity index (χ2n) is 5.42. The van der Waals surface area contributed by atoms with Gasteiger partial charge in [0, 0.05) is 31.5 Å². The molecule has 102 valence electrons. The Morgan fingerprint density at radius 1 is 1.11 bits per heavy atom. The summed E-state index contributed by atoms with van der Waals surface area (Å²) in [4.78, 5) is 24.0. The molecular weight excluding hydrogens is 240 g/mol. The van der Waals surface area contributed by atoms with Crippen LogP contribution in [0.2, 0.25) is 0 Å². The van der Waals surface area contributed by atoms with Gasteiger partial charge in [-0.15, -0.1) is 0 Å². The number of nitrogens with zero attached hydrogens (tertiary/aromatic N) is 4. The van der Waals surface area contributed by atoms with E-state index < -0.39 is 0 Å². The summed E-state index contributed by atoms with van der Waals surface area (Å²) < 4.78 is 0. The van der Waals surface area contributed by atoms with E-state index in [0.717, 1.165) is 25.3 Å². The number of carbonyl (C=O) groups is 1. The Morgan fingerprint density at radius 3 is 2.53 bits per heavy atom. The molecule has 5 heteroatoms. The molecule has 2 aliphatic rings. The highest BCUT2D eigenvalue weighted by atomic mass is 16.1. The minimum atomic E-state index is 0.538. The largest absolute Gasteiger partial charge is 0.339 e. The summed E-state index contributed by atoms with van der Waals surface area (Å²) >= 11 is 0. The Kier molecular flexibility index (Phi) is 3.73. The number of aldehydes is 1. The number of carbonyl (C=O) groups excluding carboxylic acids is 1. The topological polar surface area (TPSA) is 49.3 Å². The fraction of sp³-hybridized carbons (Fsp3) is 0.643. The third-order valence-electron chi connectivity index (χ3n) is 4.15. The van der Waals surface area contributed by atoms with Gasteiger partial charge >= 0.3 is 0 Å². The van der Waals surface area contributed by atoms with Crippen molar-refractivity contribution in [1.82, 2.24) is 14.9 Å². The van der Waals surface area contributed by atoms with E-state index in [1.807, 2.05) is 0 Å². The maximum atomic E-state index is 10.6. The number of aromatic nitrogens is 2. The van der Waals surface area contributed by atoms with Crippen LogP contribution < -0.4 is 4.90 Å². The van der Waals surface area contributed by atoms with E-state index in [9.17, 15) is 4.79 Å². The number of piperidine rings is 1. The second kappa shape index (κ2) is 5.65. The van der Waals surface area contributed by atoms with Crippen molar-refractivity contribution in [3.05, 3.63) is 18.0 Å². The van der Waals surface area contributed by atoms with Crippen LogP contribution in [0, 0.1) is 0 Å². The van der Waals surface area contributed by atoms with Crippen molar-refractivity contribution < 1.29 is 4.79 Å². The third-order valence-corrected chi connectivity index (χ3v) is 4.15. The van der Waals surface area contributed by atoms with Crippen molar-refractivity contribution >= 4 is 12.2 Å². The van der Waals surface area contributed by atoms with Gasteiger partial charge in [-0.3, -0.25) is 9.69 Å². The monoisotopic (exact) mass is 260 g/mol. The Hall–Kier alpha value is -1.49. The van der Waals surface area contributed by atoms with Gasteiger partial charge in [0.25, 0.3) is 0 Å². The van der Waals surface area contributed by atoms with Crippen molar-refractivity contribution in [2.75, 3.05) is 31.1 Å². The molecule has 2 fully saturated rings. The molecule has 0 aromatic carbocycles. The van der Waals surface area contributed by atoms with Gasteiger partial charge in [0.2, 0.25) is 5.95 Å². The standard InChI is InChI=1S/C14H20N4O/c19-11-12-8-15-14(16-9-12)18-7-4-13(10-18)17-5-2-1-3-6-17/h8-9,11,13H,1-7,10H2. The van der Waals surface area contributed by atoms with Crippen LogP contribution in [-0.2, 0) is 0 Å². The van der Waals surface area contributed by atoms with Crippen LogP contribution in [0.4, 0.5) is 5.95 Å². The molecule has 2 aliphatic heterocycles. The molecule has 3 heterocycles. The van der Waals surface area contributed by atoms with E-state index in [1.165, 1.54) is 38.8 Å². The Bertz CT molecular complexity index is 428. The molecule has 0 saturated carbocycles. The first-order valence-corrected chi connectivity index (χ1v) is 7.13. The smallest absolute Gasteiger partial charge is 0.225 e. The minimum Gasteiger partial charge on any atom is -0.339 e. The molecule has 1 aromatic rings. The Labute approximate surface area is 113 Å². The van der Waals surface area contributed by atoms with Gasteiger partial charge in [0.15, 0.2) is 6.29 Å². The highest BCUT2D eigenvalue weighted by Crippen LogP contribution is 2.22. The van der Waals surface area contributed by atoms with Crippen molar-refractivity contribution in [1.29, 1.82) is 0 Å². The lowest BCUT2D eigenvalue weighted by atomic mass is 10.1. The Balaban J connectivity index is 1.62. The first kappa shape index (κ1) is 12.5. The van der Waals surface area contributed by atoms with Gasteiger partial charge in [-0.25, -0.2) is 9.97 Å². The van der Waals surface area contributed by atoms with Gasteiger partial charge in [-0.1, -0.05) is 6.42 Å². The van der Waals surface area contributed by atoms with E-state index >= 15 is 0 Å². The zero-order valence-electron chi connectivity index (χ0n) is 11.2. The predicted octanol–water partition coefficient (Wildman–Crippen LogP) is 1.35. The molecule has 0 amide bonds. The lowest BCUT2D eigenvalue weighted by Crippen LogP contribution is -2.41. The highest BCUT2D eigenvalue weighted by molar-refractivity contribution is 5.73.